The van der Waals surface area contributed by atoms with Gasteiger partial charge < -0.3 is 15.2 Å². The van der Waals surface area contributed by atoms with Gasteiger partial charge in [-0.1, -0.05) is 18.2 Å². The molecule has 19 heavy (non-hydrogen) atoms. The second-order valence-corrected chi connectivity index (χ2v) is 5.68. The van der Waals surface area contributed by atoms with Crippen LogP contribution in [0.3, 0.4) is 0 Å². The molecular weight excluding hydrogens is 353 g/mol. The lowest BCUT2D eigenvalue weighted by atomic mass is 9.99. The maximum absolute atomic E-state index is 6.30. The number of halogens is 1. The maximum atomic E-state index is 6.30. The first-order valence-electron chi connectivity index (χ1n) is 6.14. The average Bonchev–Trinajstić information content (AvgIpc) is 2.47. The molecule has 1 heterocycles. The highest BCUT2D eigenvalue weighted by Gasteiger charge is 2.15. The number of hydrogen-bond acceptors (Lipinski definition) is 3. The highest BCUT2D eigenvalue weighted by molar-refractivity contribution is 14.1. The van der Waals surface area contributed by atoms with Crippen LogP contribution in [0.2, 0.25) is 0 Å². The number of nitrogens with two attached hydrogens (primary N) is 1. The molecule has 0 fully saturated rings. The van der Waals surface area contributed by atoms with Crippen molar-refractivity contribution in [2.75, 3.05) is 13.2 Å². The SMILES string of the molecule is NC(c1ccc(I)cc1)c1ccc2c(c1)OCCO2. The minimum atomic E-state index is -0.146. The number of benzene rings is 2. The van der Waals surface area contributed by atoms with Crippen LogP contribution in [-0.4, -0.2) is 13.2 Å². The van der Waals surface area contributed by atoms with E-state index in [-0.39, 0.29) is 6.04 Å². The predicted octanol–water partition coefficient (Wildman–Crippen LogP) is 3.11. The van der Waals surface area contributed by atoms with Crippen LogP contribution in [0.15, 0.2) is 42.5 Å². The lowest BCUT2D eigenvalue weighted by molar-refractivity contribution is 0.171. The predicted molar refractivity (Wildman–Crippen MR) is 82.6 cm³/mol. The molecule has 2 aromatic carbocycles. The van der Waals surface area contributed by atoms with Crippen molar-refractivity contribution in [2.45, 2.75) is 6.04 Å². The van der Waals surface area contributed by atoms with Crippen molar-refractivity contribution in [1.82, 2.24) is 0 Å². The first-order valence-corrected chi connectivity index (χ1v) is 7.22. The fourth-order valence-electron chi connectivity index (χ4n) is 2.12. The van der Waals surface area contributed by atoms with Gasteiger partial charge in [0.25, 0.3) is 0 Å². The smallest absolute Gasteiger partial charge is 0.161 e. The number of rotatable bonds is 2. The average molecular weight is 367 g/mol. The summed E-state index contributed by atoms with van der Waals surface area (Å²) in [7, 11) is 0. The van der Waals surface area contributed by atoms with Crippen LogP contribution in [0.25, 0.3) is 0 Å². The molecule has 0 saturated heterocycles. The fraction of sp³-hybridized carbons (Fsp3) is 0.200. The normalized spacial score (nSPS) is 15.1. The minimum absolute atomic E-state index is 0.146. The molecule has 3 rings (SSSR count). The van der Waals surface area contributed by atoms with Gasteiger partial charge in [-0.15, -0.1) is 0 Å². The second-order valence-electron chi connectivity index (χ2n) is 4.43. The summed E-state index contributed by atoms with van der Waals surface area (Å²) in [6.07, 6.45) is 0. The Morgan fingerprint density at radius 1 is 0.895 bits per heavy atom. The summed E-state index contributed by atoms with van der Waals surface area (Å²) >= 11 is 2.29. The Bertz CT molecular complexity index is 583. The van der Waals surface area contributed by atoms with E-state index >= 15 is 0 Å². The molecule has 2 aromatic rings. The van der Waals surface area contributed by atoms with Gasteiger partial charge in [0, 0.05) is 3.57 Å². The summed E-state index contributed by atoms with van der Waals surface area (Å²) in [4.78, 5) is 0. The Hall–Kier alpha value is -1.27. The molecule has 1 atom stereocenters. The largest absolute Gasteiger partial charge is 0.486 e. The van der Waals surface area contributed by atoms with Crippen LogP contribution < -0.4 is 15.2 Å². The van der Waals surface area contributed by atoms with Gasteiger partial charge in [-0.2, -0.15) is 0 Å². The Kier molecular flexibility index (Phi) is 3.61. The quantitative estimate of drug-likeness (QED) is 0.830. The molecule has 2 N–H and O–H groups in total. The fourth-order valence-corrected chi connectivity index (χ4v) is 2.48. The highest BCUT2D eigenvalue weighted by atomic mass is 127. The van der Waals surface area contributed by atoms with Crippen molar-refractivity contribution in [3.05, 3.63) is 57.2 Å². The van der Waals surface area contributed by atoms with Crippen LogP contribution >= 0.6 is 22.6 Å². The summed E-state index contributed by atoms with van der Waals surface area (Å²) in [5.74, 6) is 1.58. The molecule has 0 amide bonds. The van der Waals surface area contributed by atoms with Crippen molar-refractivity contribution in [3.63, 3.8) is 0 Å². The molecule has 0 radical (unpaired) electrons. The summed E-state index contributed by atoms with van der Waals surface area (Å²) in [6, 6.07) is 14.0. The molecule has 3 nitrogen and oxygen atoms in total. The molecule has 1 aliphatic heterocycles. The Labute approximate surface area is 125 Å². The van der Waals surface area contributed by atoms with Crippen LogP contribution in [0.1, 0.15) is 17.2 Å². The molecule has 0 saturated carbocycles. The Morgan fingerprint density at radius 2 is 1.53 bits per heavy atom. The second kappa shape index (κ2) is 5.38. The van der Waals surface area contributed by atoms with Crippen LogP contribution in [0.5, 0.6) is 11.5 Å². The van der Waals surface area contributed by atoms with E-state index in [0.717, 1.165) is 22.6 Å². The van der Waals surface area contributed by atoms with Crippen molar-refractivity contribution < 1.29 is 9.47 Å². The van der Waals surface area contributed by atoms with E-state index in [1.807, 2.05) is 18.2 Å². The van der Waals surface area contributed by atoms with E-state index in [9.17, 15) is 0 Å². The van der Waals surface area contributed by atoms with Gasteiger partial charge in [0.05, 0.1) is 6.04 Å². The Morgan fingerprint density at radius 3 is 2.26 bits per heavy atom. The van der Waals surface area contributed by atoms with E-state index in [2.05, 4.69) is 46.9 Å². The molecule has 0 aromatic heterocycles. The number of hydrogen-bond donors (Lipinski definition) is 1. The van der Waals surface area contributed by atoms with Crippen molar-refractivity contribution >= 4 is 22.6 Å². The van der Waals surface area contributed by atoms with Crippen molar-refractivity contribution in [1.29, 1.82) is 0 Å². The van der Waals surface area contributed by atoms with Crippen LogP contribution in [0.4, 0.5) is 0 Å². The lowest BCUT2D eigenvalue weighted by Gasteiger charge is -2.20. The Balaban J connectivity index is 1.91. The maximum Gasteiger partial charge on any atom is 0.161 e. The molecular formula is C15H14INO2. The monoisotopic (exact) mass is 367 g/mol. The van der Waals surface area contributed by atoms with Gasteiger partial charge in [0.2, 0.25) is 0 Å². The number of ether oxygens (including phenoxy) is 2. The third-order valence-corrected chi connectivity index (χ3v) is 3.87. The van der Waals surface area contributed by atoms with Gasteiger partial charge in [-0.3, -0.25) is 0 Å². The standard InChI is InChI=1S/C15H14INO2/c16-12-4-1-10(2-5-12)15(17)11-3-6-13-14(9-11)19-8-7-18-13/h1-6,9,15H,7-8,17H2. The molecule has 1 unspecified atom stereocenters. The van der Waals surface area contributed by atoms with Gasteiger partial charge in [0.1, 0.15) is 13.2 Å². The minimum Gasteiger partial charge on any atom is -0.486 e. The summed E-state index contributed by atoms with van der Waals surface area (Å²) < 4.78 is 12.3. The third-order valence-electron chi connectivity index (χ3n) is 3.15. The van der Waals surface area contributed by atoms with Crippen LogP contribution in [-0.2, 0) is 0 Å². The topological polar surface area (TPSA) is 44.5 Å². The van der Waals surface area contributed by atoms with Gasteiger partial charge in [0.15, 0.2) is 11.5 Å². The zero-order chi connectivity index (χ0) is 13.2. The zero-order valence-corrected chi connectivity index (χ0v) is 12.5. The van der Waals surface area contributed by atoms with Crippen molar-refractivity contribution in [2.24, 2.45) is 5.73 Å². The van der Waals surface area contributed by atoms with Gasteiger partial charge >= 0.3 is 0 Å². The third kappa shape index (κ3) is 2.69. The molecule has 1 aliphatic rings. The molecule has 98 valence electrons. The van der Waals surface area contributed by atoms with E-state index in [1.165, 1.54) is 3.57 Å². The lowest BCUT2D eigenvalue weighted by Crippen LogP contribution is -2.17. The van der Waals surface area contributed by atoms with Crippen LogP contribution in [0, 0.1) is 3.57 Å². The summed E-state index contributed by atoms with van der Waals surface area (Å²) in [5, 5.41) is 0. The molecule has 0 bridgehead atoms. The van der Waals surface area contributed by atoms with E-state index < -0.39 is 0 Å². The van der Waals surface area contributed by atoms with Gasteiger partial charge in [-0.05, 0) is 58.0 Å². The zero-order valence-electron chi connectivity index (χ0n) is 10.3. The first kappa shape index (κ1) is 12.7. The molecule has 0 spiro atoms. The van der Waals surface area contributed by atoms with E-state index in [4.69, 9.17) is 15.2 Å². The molecule has 4 heteroatoms. The molecule has 0 aliphatic carbocycles. The van der Waals surface area contributed by atoms with Gasteiger partial charge in [-0.25, -0.2) is 0 Å². The summed E-state index contributed by atoms with van der Waals surface area (Å²) in [6.45, 7) is 1.20. The van der Waals surface area contributed by atoms with E-state index in [0.29, 0.717) is 13.2 Å². The highest BCUT2D eigenvalue weighted by Crippen LogP contribution is 2.33. The first-order chi connectivity index (χ1) is 9.24. The number of fused-ring (bicyclic) bond motifs is 1. The van der Waals surface area contributed by atoms with E-state index in [1.54, 1.807) is 0 Å². The van der Waals surface area contributed by atoms with Crippen molar-refractivity contribution in [3.8, 4) is 11.5 Å². The summed E-state index contributed by atoms with van der Waals surface area (Å²) in [5.41, 5.74) is 8.43.